The van der Waals surface area contributed by atoms with Crippen LogP contribution < -0.4 is 4.74 Å². The molecule has 3 nitrogen and oxygen atoms in total. The summed E-state index contributed by atoms with van der Waals surface area (Å²) in [6, 6.07) is 6.93. The number of pyridine rings is 1. The number of carbonyl (C=O) groups excluding carboxylic acids is 1. The summed E-state index contributed by atoms with van der Waals surface area (Å²) in [7, 11) is 1.62. The number of ketones is 1. The van der Waals surface area contributed by atoms with Gasteiger partial charge >= 0.3 is 0 Å². The normalized spacial score (nSPS) is 10.3. The minimum Gasteiger partial charge on any atom is -0.496 e. The van der Waals surface area contributed by atoms with Crippen molar-refractivity contribution in [3.05, 3.63) is 57.9 Å². The van der Waals surface area contributed by atoms with Crippen molar-refractivity contribution in [2.75, 3.05) is 7.11 Å². The summed E-state index contributed by atoms with van der Waals surface area (Å²) in [4.78, 5) is 16.3. The Morgan fingerprint density at radius 1 is 1.16 bits per heavy atom. The predicted octanol–water partition coefficient (Wildman–Crippen LogP) is 3.59. The molecule has 0 N–H and O–H groups in total. The zero-order valence-corrected chi connectivity index (χ0v) is 11.8. The number of aryl methyl sites for hydroxylation is 2. The minimum atomic E-state index is -0.0713. The molecule has 1 aromatic heterocycles. The molecule has 1 heterocycles. The molecule has 0 fully saturated rings. The number of hydrogen-bond donors (Lipinski definition) is 0. The number of benzene rings is 1. The van der Waals surface area contributed by atoms with Gasteiger partial charge in [0.15, 0.2) is 5.78 Å². The SMILES string of the molecule is COc1c(C)cc(C(=O)c2ccc(Cl)nc2)cc1C. The van der Waals surface area contributed by atoms with Crippen LogP contribution in [-0.4, -0.2) is 17.9 Å². The molecular weight excluding hydrogens is 262 g/mol. The molecule has 2 aromatic rings. The third-order valence-corrected chi connectivity index (χ3v) is 3.14. The molecule has 0 atom stereocenters. The van der Waals surface area contributed by atoms with Gasteiger partial charge in [0.1, 0.15) is 10.9 Å². The maximum Gasteiger partial charge on any atom is 0.194 e. The Balaban J connectivity index is 2.42. The lowest BCUT2D eigenvalue weighted by Gasteiger charge is -2.10. The predicted molar refractivity (Wildman–Crippen MR) is 75.1 cm³/mol. The lowest BCUT2D eigenvalue weighted by molar-refractivity contribution is 0.103. The van der Waals surface area contributed by atoms with Crippen LogP contribution >= 0.6 is 11.6 Å². The largest absolute Gasteiger partial charge is 0.496 e. The van der Waals surface area contributed by atoms with Crippen LogP contribution in [0.3, 0.4) is 0 Å². The van der Waals surface area contributed by atoms with E-state index in [-0.39, 0.29) is 5.78 Å². The number of hydrogen-bond acceptors (Lipinski definition) is 3. The lowest BCUT2D eigenvalue weighted by atomic mass is 9.99. The van der Waals surface area contributed by atoms with E-state index in [0.29, 0.717) is 16.3 Å². The average Bonchev–Trinajstić information content (AvgIpc) is 2.38. The van der Waals surface area contributed by atoms with Crippen molar-refractivity contribution in [1.82, 2.24) is 4.98 Å². The number of rotatable bonds is 3. The summed E-state index contributed by atoms with van der Waals surface area (Å²) >= 11 is 5.71. The maximum atomic E-state index is 12.3. The summed E-state index contributed by atoms with van der Waals surface area (Å²) < 4.78 is 5.29. The van der Waals surface area contributed by atoms with E-state index in [1.807, 2.05) is 26.0 Å². The highest BCUT2D eigenvalue weighted by molar-refractivity contribution is 6.29. The zero-order valence-electron chi connectivity index (χ0n) is 11.0. The van der Waals surface area contributed by atoms with Gasteiger partial charge in [0, 0.05) is 17.3 Å². The maximum absolute atomic E-state index is 12.3. The molecule has 0 amide bonds. The van der Waals surface area contributed by atoms with Gasteiger partial charge in [-0.25, -0.2) is 4.98 Å². The van der Waals surface area contributed by atoms with Crippen molar-refractivity contribution in [1.29, 1.82) is 0 Å². The van der Waals surface area contributed by atoms with Gasteiger partial charge in [0.2, 0.25) is 0 Å². The van der Waals surface area contributed by atoms with Crippen LogP contribution in [0, 0.1) is 13.8 Å². The number of ether oxygens (including phenoxy) is 1. The topological polar surface area (TPSA) is 39.2 Å². The lowest BCUT2D eigenvalue weighted by Crippen LogP contribution is -2.04. The Morgan fingerprint density at radius 3 is 2.26 bits per heavy atom. The van der Waals surface area contributed by atoms with E-state index < -0.39 is 0 Å². The highest BCUT2D eigenvalue weighted by atomic mass is 35.5. The van der Waals surface area contributed by atoms with Gasteiger partial charge in [-0.1, -0.05) is 11.6 Å². The molecule has 1 aromatic carbocycles. The van der Waals surface area contributed by atoms with E-state index >= 15 is 0 Å². The molecule has 4 heteroatoms. The second-order valence-electron chi connectivity index (χ2n) is 4.34. The van der Waals surface area contributed by atoms with E-state index in [1.54, 1.807) is 19.2 Å². The molecule has 0 unspecified atom stereocenters. The Hall–Kier alpha value is -1.87. The molecule has 0 bridgehead atoms. The number of halogens is 1. The smallest absolute Gasteiger partial charge is 0.194 e. The Kier molecular flexibility index (Phi) is 3.86. The number of aromatic nitrogens is 1. The van der Waals surface area contributed by atoms with Crippen LogP contribution in [-0.2, 0) is 0 Å². The Bertz CT molecular complexity index is 598. The van der Waals surface area contributed by atoms with E-state index in [4.69, 9.17) is 16.3 Å². The standard InChI is InChI=1S/C15H14ClNO2/c1-9-6-12(7-10(2)15(9)19-3)14(18)11-4-5-13(16)17-8-11/h4-8H,1-3H3. The fourth-order valence-electron chi connectivity index (χ4n) is 2.08. The molecule has 98 valence electrons. The monoisotopic (exact) mass is 275 g/mol. The second-order valence-corrected chi connectivity index (χ2v) is 4.73. The number of methoxy groups -OCH3 is 1. The van der Waals surface area contributed by atoms with E-state index in [0.717, 1.165) is 16.9 Å². The molecule has 0 radical (unpaired) electrons. The zero-order chi connectivity index (χ0) is 14.0. The van der Waals surface area contributed by atoms with Crippen LogP contribution in [0.5, 0.6) is 5.75 Å². The first-order chi connectivity index (χ1) is 9.02. The molecule has 0 saturated heterocycles. The van der Waals surface area contributed by atoms with Crippen LogP contribution in [0.1, 0.15) is 27.0 Å². The molecule has 0 aliphatic rings. The molecule has 2 rings (SSSR count). The first-order valence-electron chi connectivity index (χ1n) is 5.84. The first kappa shape index (κ1) is 13.6. The first-order valence-corrected chi connectivity index (χ1v) is 6.22. The van der Waals surface area contributed by atoms with E-state index in [1.165, 1.54) is 6.20 Å². The van der Waals surface area contributed by atoms with Crippen molar-refractivity contribution in [3.8, 4) is 5.75 Å². The quantitative estimate of drug-likeness (QED) is 0.635. The van der Waals surface area contributed by atoms with Gasteiger partial charge in [0.25, 0.3) is 0 Å². The van der Waals surface area contributed by atoms with Crippen molar-refractivity contribution < 1.29 is 9.53 Å². The van der Waals surface area contributed by atoms with Gasteiger partial charge in [0.05, 0.1) is 7.11 Å². The Morgan fingerprint density at radius 2 is 1.79 bits per heavy atom. The Labute approximate surface area is 117 Å². The molecular formula is C15H14ClNO2. The number of carbonyl (C=O) groups is 1. The van der Waals surface area contributed by atoms with Gasteiger partial charge in [-0.05, 0) is 49.2 Å². The number of nitrogens with zero attached hydrogens (tertiary/aromatic N) is 1. The molecule has 19 heavy (non-hydrogen) atoms. The van der Waals surface area contributed by atoms with Gasteiger partial charge in [-0.15, -0.1) is 0 Å². The highest BCUT2D eigenvalue weighted by Gasteiger charge is 2.13. The summed E-state index contributed by atoms with van der Waals surface area (Å²) in [6.45, 7) is 3.84. The summed E-state index contributed by atoms with van der Waals surface area (Å²) in [5.74, 6) is 0.740. The van der Waals surface area contributed by atoms with Crippen LogP contribution in [0.2, 0.25) is 5.15 Å². The molecule has 0 spiro atoms. The van der Waals surface area contributed by atoms with E-state index in [9.17, 15) is 4.79 Å². The minimum absolute atomic E-state index is 0.0713. The van der Waals surface area contributed by atoms with Gasteiger partial charge < -0.3 is 4.74 Å². The fourth-order valence-corrected chi connectivity index (χ4v) is 2.19. The average molecular weight is 276 g/mol. The third kappa shape index (κ3) is 2.76. The second kappa shape index (κ2) is 5.41. The summed E-state index contributed by atoms with van der Waals surface area (Å²) in [6.07, 6.45) is 1.49. The van der Waals surface area contributed by atoms with Crippen LogP contribution in [0.4, 0.5) is 0 Å². The van der Waals surface area contributed by atoms with Crippen LogP contribution in [0.15, 0.2) is 30.5 Å². The fraction of sp³-hybridized carbons (Fsp3) is 0.200. The molecule has 0 aliphatic carbocycles. The van der Waals surface area contributed by atoms with Crippen molar-refractivity contribution >= 4 is 17.4 Å². The molecule has 0 saturated carbocycles. The third-order valence-electron chi connectivity index (χ3n) is 2.92. The van der Waals surface area contributed by atoms with Gasteiger partial charge in [-0.3, -0.25) is 4.79 Å². The van der Waals surface area contributed by atoms with Gasteiger partial charge in [-0.2, -0.15) is 0 Å². The van der Waals surface area contributed by atoms with E-state index in [2.05, 4.69) is 4.98 Å². The van der Waals surface area contributed by atoms with Crippen molar-refractivity contribution in [2.45, 2.75) is 13.8 Å². The van der Waals surface area contributed by atoms with Crippen molar-refractivity contribution in [2.24, 2.45) is 0 Å². The molecule has 0 aliphatic heterocycles. The summed E-state index contributed by atoms with van der Waals surface area (Å²) in [5.41, 5.74) is 3.02. The summed E-state index contributed by atoms with van der Waals surface area (Å²) in [5, 5.41) is 0.374. The highest BCUT2D eigenvalue weighted by Crippen LogP contribution is 2.25. The van der Waals surface area contributed by atoms with Crippen molar-refractivity contribution in [3.63, 3.8) is 0 Å². The van der Waals surface area contributed by atoms with Crippen LogP contribution in [0.25, 0.3) is 0 Å².